The number of aromatic nitrogens is 1. The molecule has 1 aliphatic heterocycles. The van der Waals surface area contributed by atoms with Crippen LogP contribution in [0.4, 0.5) is 0 Å². The lowest BCUT2D eigenvalue weighted by Crippen LogP contribution is -2.51. The third kappa shape index (κ3) is 5.04. The number of ether oxygens (including phenoxy) is 1. The van der Waals surface area contributed by atoms with Gasteiger partial charge in [0.15, 0.2) is 6.61 Å². The molecule has 150 valence electrons. The van der Waals surface area contributed by atoms with Crippen molar-refractivity contribution in [2.75, 3.05) is 32.8 Å². The molecule has 7 nitrogen and oxygen atoms in total. The van der Waals surface area contributed by atoms with Gasteiger partial charge in [0, 0.05) is 43.2 Å². The van der Waals surface area contributed by atoms with E-state index >= 15 is 0 Å². The van der Waals surface area contributed by atoms with Gasteiger partial charge in [-0.05, 0) is 44.5 Å². The summed E-state index contributed by atoms with van der Waals surface area (Å²) < 4.78 is 10.6. The van der Waals surface area contributed by atoms with Gasteiger partial charge in [-0.25, -0.2) is 0 Å². The molecule has 1 saturated heterocycles. The van der Waals surface area contributed by atoms with Gasteiger partial charge in [0.1, 0.15) is 11.5 Å². The second-order valence-electron chi connectivity index (χ2n) is 6.81. The predicted molar refractivity (Wildman–Crippen MR) is 104 cm³/mol. The van der Waals surface area contributed by atoms with Crippen LogP contribution in [0.5, 0.6) is 5.75 Å². The molecule has 1 aromatic heterocycles. The highest BCUT2D eigenvalue weighted by Crippen LogP contribution is 2.17. The summed E-state index contributed by atoms with van der Waals surface area (Å²) in [5.41, 5.74) is 1.84. The van der Waals surface area contributed by atoms with E-state index in [4.69, 9.17) is 20.9 Å². The number of nitrogens with zero attached hydrogens (tertiary/aromatic N) is 3. The maximum atomic E-state index is 12.5. The van der Waals surface area contributed by atoms with Crippen molar-refractivity contribution in [2.24, 2.45) is 0 Å². The van der Waals surface area contributed by atoms with Crippen LogP contribution in [0.25, 0.3) is 0 Å². The number of rotatable bonds is 6. The van der Waals surface area contributed by atoms with Crippen LogP contribution in [-0.2, 0) is 16.0 Å². The minimum atomic E-state index is -0.0854. The van der Waals surface area contributed by atoms with Crippen molar-refractivity contribution >= 4 is 23.4 Å². The molecule has 0 radical (unpaired) electrons. The minimum absolute atomic E-state index is 0.0262. The van der Waals surface area contributed by atoms with Crippen molar-refractivity contribution < 1.29 is 18.8 Å². The lowest BCUT2D eigenvalue weighted by Gasteiger charge is -2.34. The molecule has 0 saturated carbocycles. The number of carbonyl (C=O) groups is 2. The van der Waals surface area contributed by atoms with E-state index in [2.05, 4.69) is 5.16 Å². The summed E-state index contributed by atoms with van der Waals surface area (Å²) in [6.07, 6.45) is 1.03. The van der Waals surface area contributed by atoms with Gasteiger partial charge in [-0.15, -0.1) is 0 Å². The Morgan fingerprint density at radius 2 is 1.68 bits per heavy atom. The van der Waals surface area contributed by atoms with Crippen LogP contribution in [0.2, 0.25) is 5.02 Å². The smallest absolute Gasteiger partial charge is 0.260 e. The van der Waals surface area contributed by atoms with E-state index in [-0.39, 0.29) is 18.4 Å². The fourth-order valence-corrected chi connectivity index (χ4v) is 3.35. The van der Waals surface area contributed by atoms with Crippen LogP contribution in [-0.4, -0.2) is 59.6 Å². The topological polar surface area (TPSA) is 75.9 Å². The van der Waals surface area contributed by atoms with Crippen LogP contribution in [0.1, 0.15) is 23.4 Å². The number of hydrogen-bond donors (Lipinski definition) is 0. The first-order valence-electron chi connectivity index (χ1n) is 9.29. The quantitative estimate of drug-likeness (QED) is 0.738. The van der Waals surface area contributed by atoms with E-state index in [9.17, 15) is 9.59 Å². The lowest BCUT2D eigenvalue weighted by molar-refractivity contribution is -0.140. The van der Waals surface area contributed by atoms with Gasteiger partial charge in [-0.2, -0.15) is 0 Å². The normalized spacial score (nSPS) is 14.2. The third-order valence-electron chi connectivity index (χ3n) is 4.93. The predicted octanol–water partition coefficient (Wildman–Crippen LogP) is 2.63. The van der Waals surface area contributed by atoms with Crippen LogP contribution in [0.15, 0.2) is 28.8 Å². The maximum absolute atomic E-state index is 12.5. The Labute approximate surface area is 169 Å². The van der Waals surface area contributed by atoms with E-state index in [1.807, 2.05) is 18.7 Å². The molecule has 1 aromatic carbocycles. The van der Waals surface area contributed by atoms with Gasteiger partial charge in [0.2, 0.25) is 5.91 Å². The zero-order chi connectivity index (χ0) is 20.1. The molecule has 0 bridgehead atoms. The van der Waals surface area contributed by atoms with Crippen molar-refractivity contribution in [3.8, 4) is 5.75 Å². The second-order valence-corrected chi connectivity index (χ2v) is 7.24. The fourth-order valence-electron chi connectivity index (χ4n) is 3.22. The Hall–Kier alpha value is -2.54. The molecule has 28 heavy (non-hydrogen) atoms. The lowest BCUT2D eigenvalue weighted by atomic mass is 10.1. The van der Waals surface area contributed by atoms with E-state index < -0.39 is 0 Å². The van der Waals surface area contributed by atoms with Gasteiger partial charge in [0.05, 0.1) is 5.69 Å². The van der Waals surface area contributed by atoms with E-state index in [1.165, 1.54) is 0 Å². The molecule has 8 heteroatoms. The van der Waals surface area contributed by atoms with Gasteiger partial charge >= 0.3 is 0 Å². The molecule has 0 N–H and O–H groups in total. The molecule has 2 aromatic rings. The average molecular weight is 406 g/mol. The number of hydrogen-bond acceptors (Lipinski definition) is 5. The largest absolute Gasteiger partial charge is 0.484 e. The third-order valence-corrected chi connectivity index (χ3v) is 5.18. The summed E-state index contributed by atoms with van der Waals surface area (Å²) in [5, 5.41) is 4.54. The average Bonchev–Trinajstić information content (AvgIpc) is 3.03. The molecule has 0 aliphatic carbocycles. The molecule has 0 atom stereocenters. The highest BCUT2D eigenvalue weighted by molar-refractivity contribution is 6.30. The molecule has 0 unspecified atom stereocenters. The maximum Gasteiger partial charge on any atom is 0.260 e. The fraction of sp³-hybridized carbons (Fsp3) is 0.450. The zero-order valence-electron chi connectivity index (χ0n) is 16.1. The molecule has 3 rings (SSSR count). The van der Waals surface area contributed by atoms with E-state index in [1.54, 1.807) is 29.2 Å². The van der Waals surface area contributed by atoms with Crippen molar-refractivity contribution in [3.05, 3.63) is 46.3 Å². The highest BCUT2D eigenvalue weighted by atomic mass is 35.5. The number of carbonyl (C=O) groups excluding carboxylic acids is 2. The summed E-state index contributed by atoms with van der Waals surface area (Å²) >= 11 is 5.83. The Morgan fingerprint density at radius 1 is 1.07 bits per heavy atom. The summed E-state index contributed by atoms with van der Waals surface area (Å²) in [6.45, 7) is 5.81. The first-order valence-corrected chi connectivity index (χ1v) is 9.67. The van der Waals surface area contributed by atoms with Crippen molar-refractivity contribution in [2.45, 2.75) is 26.7 Å². The Morgan fingerprint density at radius 3 is 2.25 bits per heavy atom. The number of piperazine rings is 1. The monoisotopic (exact) mass is 405 g/mol. The molecule has 1 fully saturated rings. The molecule has 2 amide bonds. The van der Waals surface area contributed by atoms with Crippen LogP contribution in [0, 0.1) is 13.8 Å². The van der Waals surface area contributed by atoms with Crippen molar-refractivity contribution in [1.29, 1.82) is 0 Å². The van der Waals surface area contributed by atoms with Gasteiger partial charge < -0.3 is 19.1 Å². The Kier molecular flexibility index (Phi) is 6.57. The summed E-state index contributed by atoms with van der Waals surface area (Å²) in [7, 11) is 0. The van der Waals surface area contributed by atoms with Crippen LogP contribution in [0.3, 0.4) is 0 Å². The standard InChI is InChI=1S/C20H24ClN3O4/c1-14-18(15(2)28-22-14)7-8-19(25)23-9-11-24(12-10-23)20(26)13-27-17-5-3-16(21)4-6-17/h3-6H,7-13H2,1-2H3. The highest BCUT2D eigenvalue weighted by Gasteiger charge is 2.24. The Balaban J connectivity index is 1.41. The molecular weight excluding hydrogens is 382 g/mol. The minimum Gasteiger partial charge on any atom is -0.484 e. The van der Waals surface area contributed by atoms with Crippen molar-refractivity contribution in [3.63, 3.8) is 0 Å². The SMILES string of the molecule is Cc1noc(C)c1CCC(=O)N1CCN(C(=O)COc2ccc(Cl)cc2)CC1. The molecule has 0 spiro atoms. The second kappa shape index (κ2) is 9.10. The number of benzene rings is 1. The van der Waals surface area contributed by atoms with Crippen molar-refractivity contribution in [1.82, 2.24) is 15.0 Å². The number of halogens is 1. The van der Waals surface area contributed by atoms with E-state index in [0.29, 0.717) is 49.8 Å². The van der Waals surface area contributed by atoms with Gasteiger partial charge in [-0.1, -0.05) is 16.8 Å². The summed E-state index contributed by atoms with van der Waals surface area (Å²) in [6, 6.07) is 6.89. The number of amides is 2. The first kappa shape index (κ1) is 20.2. The summed E-state index contributed by atoms with van der Waals surface area (Å²) in [5.74, 6) is 1.37. The van der Waals surface area contributed by atoms with E-state index in [0.717, 1.165) is 17.0 Å². The Bertz CT molecular complexity index is 807. The summed E-state index contributed by atoms with van der Waals surface area (Å²) in [4.78, 5) is 28.3. The number of aryl methyl sites for hydroxylation is 2. The zero-order valence-corrected chi connectivity index (χ0v) is 16.9. The molecular formula is C20H24ClN3O4. The first-order chi connectivity index (χ1) is 13.4. The van der Waals surface area contributed by atoms with Gasteiger partial charge in [0.25, 0.3) is 5.91 Å². The molecule has 1 aliphatic rings. The molecule has 2 heterocycles. The van der Waals surface area contributed by atoms with Crippen LogP contribution >= 0.6 is 11.6 Å². The van der Waals surface area contributed by atoms with Crippen LogP contribution < -0.4 is 4.74 Å². The van der Waals surface area contributed by atoms with Gasteiger partial charge in [-0.3, -0.25) is 9.59 Å².